The highest BCUT2D eigenvalue weighted by Gasteiger charge is 1.66. The van der Waals surface area contributed by atoms with Crippen molar-refractivity contribution in [2.75, 3.05) is 0 Å². The molecule has 0 saturated carbocycles. The minimum atomic E-state index is -0.937. The Morgan fingerprint density at radius 2 is 2.00 bits per heavy atom. The van der Waals surface area contributed by atoms with E-state index in [1.54, 1.807) is 0 Å². The molecule has 0 unspecified atom stereocenters. The summed E-state index contributed by atoms with van der Waals surface area (Å²) in [7, 11) is -1.04. The lowest BCUT2D eigenvalue weighted by atomic mass is 11.9. The van der Waals surface area contributed by atoms with Crippen molar-refractivity contribution in [2.24, 2.45) is 0 Å². The van der Waals surface area contributed by atoms with Crippen molar-refractivity contribution in [1.82, 2.24) is 0 Å². The highest BCUT2D eigenvalue weighted by molar-refractivity contribution is 6.96. The van der Waals surface area contributed by atoms with Gasteiger partial charge in [0.25, 0.3) is 0 Å². The van der Waals surface area contributed by atoms with Gasteiger partial charge in [0.05, 0.1) is 0 Å². The van der Waals surface area contributed by atoms with Crippen LogP contribution in [-0.4, -0.2) is 18.4 Å². The van der Waals surface area contributed by atoms with Crippen LogP contribution < -0.4 is 0 Å². The van der Waals surface area contributed by atoms with Gasteiger partial charge in [-0.2, -0.15) is 0 Å². The van der Waals surface area contributed by atoms with Crippen molar-refractivity contribution in [3.05, 3.63) is 0 Å². The first-order chi connectivity index (χ1) is 1.91. The molecule has 0 aromatic carbocycles. The summed E-state index contributed by atoms with van der Waals surface area (Å²) >= 11 is 0. The summed E-state index contributed by atoms with van der Waals surface area (Å²) in [5.41, 5.74) is 0. The summed E-state index contributed by atoms with van der Waals surface area (Å²) in [5.74, 6) is 0. The van der Waals surface area contributed by atoms with Gasteiger partial charge in [0.2, 0.25) is 0 Å². The van der Waals surface area contributed by atoms with Gasteiger partial charge in [0.1, 0.15) is 0 Å². The summed E-state index contributed by atoms with van der Waals surface area (Å²) in [5, 5.41) is 0. The molecular weight excluding hydrogens is 87.2 g/mol. The molecule has 0 aliphatic carbocycles. The SMILES string of the molecule is C[SiH2][SiH2]F. The van der Waals surface area contributed by atoms with Crippen LogP contribution in [0.15, 0.2) is 0 Å². The zero-order valence-corrected chi connectivity index (χ0v) is 5.62. The fraction of sp³-hybridized carbons (Fsp3) is 1.00. The first-order valence-electron chi connectivity index (χ1n) is 1.47. The van der Waals surface area contributed by atoms with Crippen molar-refractivity contribution < 1.29 is 4.11 Å². The molecule has 0 fully saturated rings. The Morgan fingerprint density at radius 3 is 2.00 bits per heavy atom. The Balaban J connectivity index is 1.97. The molecular formula is CH7FSi2. The zero-order chi connectivity index (χ0) is 3.41. The topological polar surface area (TPSA) is 0 Å². The normalized spacial score (nSPS) is 13.5. The van der Waals surface area contributed by atoms with Gasteiger partial charge in [0, 0.05) is 9.04 Å². The molecule has 0 amide bonds. The minimum absolute atomic E-state index is 0.103. The fourth-order valence-corrected chi connectivity index (χ4v) is 0. The first kappa shape index (κ1) is 4.36. The van der Waals surface area contributed by atoms with Crippen LogP contribution in [0.2, 0.25) is 6.55 Å². The predicted octanol–water partition coefficient (Wildman–Crippen LogP) is -0.828. The second-order valence-corrected chi connectivity index (χ2v) is 6.20. The Bertz CT molecular complexity index is 8.00. The van der Waals surface area contributed by atoms with E-state index in [9.17, 15) is 4.11 Å². The first-order valence-corrected chi connectivity index (χ1v) is 7.42. The summed E-state index contributed by atoms with van der Waals surface area (Å²) in [6, 6.07) is 0. The second kappa shape index (κ2) is 3.36. The molecule has 0 aliphatic heterocycles. The van der Waals surface area contributed by atoms with Crippen molar-refractivity contribution in [2.45, 2.75) is 6.55 Å². The molecule has 0 spiro atoms. The van der Waals surface area contributed by atoms with Gasteiger partial charge < -0.3 is 4.11 Å². The Kier molecular flexibility index (Phi) is 3.67. The van der Waals surface area contributed by atoms with Crippen LogP contribution in [0.25, 0.3) is 0 Å². The lowest BCUT2D eigenvalue weighted by Gasteiger charge is -1.60. The molecule has 0 saturated heterocycles. The van der Waals surface area contributed by atoms with E-state index in [0.717, 1.165) is 0 Å². The lowest BCUT2D eigenvalue weighted by Crippen LogP contribution is -1.84. The lowest BCUT2D eigenvalue weighted by molar-refractivity contribution is 0.892. The molecule has 0 heterocycles. The average Bonchev–Trinajstić information content (AvgIpc) is 1.37. The molecule has 0 aliphatic rings. The minimum Gasteiger partial charge on any atom is -0.327 e. The van der Waals surface area contributed by atoms with E-state index < -0.39 is 9.37 Å². The van der Waals surface area contributed by atoms with Crippen LogP contribution >= 0.6 is 0 Å². The van der Waals surface area contributed by atoms with Crippen LogP contribution in [0.1, 0.15) is 0 Å². The molecule has 0 radical (unpaired) electrons. The molecule has 0 N–H and O–H groups in total. The Labute approximate surface area is 30.0 Å². The molecule has 0 aromatic rings. The Morgan fingerprint density at radius 1 is 1.75 bits per heavy atom. The van der Waals surface area contributed by atoms with E-state index in [1.807, 2.05) is 6.55 Å². The van der Waals surface area contributed by atoms with Gasteiger partial charge in [-0.15, -0.1) is 0 Å². The molecule has 4 heavy (non-hydrogen) atoms. The second-order valence-electron chi connectivity index (χ2n) is 0.689. The van der Waals surface area contributed by atoms with Crippen molar-refractivity contribution in [3.63, 3.8) is 0 Å². The van der Waals surface area contributed by atoms with Crippen molar-refractivity contribution >= 4 is 18.4 Å². The highest BCUT2D eigenvalue weighted by Crippen LogP contribution is 1.49. The number of rotatable bonds is 1. The van der Waals surface area contributed by atoms with E-state index in [-0.39, 0.29) is 9.04 Å². The zero-order valence-electron chi connectivity index (χ0n) is 2.79. The van der Waals surface area contributed by atoms with E-state index in [1.165, 1.54) is 0 Å². The highest BCUT2D eigenvalue weighted by atomic mass is 29.2. The third-order valence-corrected chi connectivity index (χ3v) is 1.70. The third kappa shape index (κ3) is 2.36. The maximum absolute atomic E-state index is 10.9. The third-order valence-electron chi connectivity index (χ3n) is 0.189. The maximum Gasteiger partial charge on any atom is 0.196 e. The van der Waals surface area contributed by atoms with Crippen LogP contribution in [0.3, 0.4) is 0 Å². The van der Waals surface area contributed by atoms with E-state index in [0.29, 0.717) is 0 Å². The van der Waals surface area contributed by atoms with Gasteiger partial charge in [-0.3, -0.25) is 0 Å². The van der Waals surface area contributed by atoms with E-state index in [4.69, 9.17) is 0 Å². The van der Waals surface area contributed by atoms with Crippen LogP contribution in [0, 0.1) is 0 Å². The fourth-order valence-electron chi connectivity index (χ4n) is 0. The quantitative estimate of drug-likeness (QED) is 0.294. The molecule has 0 aromatic heterocycles. The molecule has 0 atom stereocenters. The standard InChI is InChI=1S/CH7FSi2/c1-3-4-2/h3-4H2,1H3. The number of halogens is 1. The van der Waals surface area contributed by atoms with Gasteiger partial charge in [-0.1, -0.05) is 6.55 Å². The largest absolute Gasteiger partial charge is 0.327 e. The summed E-state index contributed by atoms with van der Waals surface area (Å²) < 4.78 is 10.9. The summed E-state index contributed by atoms with van der Waals surface area (Å²) in [4.78, 5) is 0. The Hall–Kier alpha value is 0.364. The number of hydrogen-bond donors (Lipinski definition) is 0. The summed E-state index contributed by atoms with van der Waals surface area (Å²) in [6.45, 7) is 2.01. The van der Waals surface area contributed by atoms with Crippen LogP contribution in [-0.2, 0) is 0 Å². The molecule has 0 bridgehead atoms. The maximum atomic E-state index is 10.9. The van der Waals surface area contributed by atoms with Gasteiger partial charge in [0.15, 0.2) is 9.37 Å². The molecule has 26 valence electrons. The predicted molar refractivity (Wildman–Crippen MR) is 24.1 cm³/mol. The van der Waals surface area contributed by atoms with E-state index in [2.05, 4.69) is 0 Å². The average molecular weight is 94.2 g/mol. The monoisotopic (exact) mass is 94.0 g/mol. The van der Waals surface area contributed by atoms with Crippen LogP contribution in [0.5, 0.6) is 0 Å². The molecule has 0 nitrogen and oxygen atoms in total. The van der Waals surface area contributed by atoms with Crippen molar-refractivity contribution in [1.29, 1.82) is 0 Å². The van der Waals surface area contributed by atoms with Gasteiger partial charge in [-0.25, -0.2) is 0 Å². The van der Waals surface area contributed by atoms with Crippen molar-refractivity contribution in [3.8, 4) is 0 Å². The molecule has 0 rings (SSSR count). The smallest absolute Gasteiger partial charge is 0.196 e. The van der Waals surface area contributed by atoms with Gasteiger partial charge in [-0.05, 0) is 0 Å². The van der Waals surface area contributed by atoms with Crippen LogP contribution in [0.4, 0.5) is 4.11 Å². The summed E-state index contributed by atoms with van der Waals surface area (Å²) in [6.07, 6.45) is 0. The molecule has 3 heteroatoms. The van der Waals surface area contributed by atoms with E-state index >= 15 is 0 Å². The number of hydrogen-bond acceptors (Lipinski definition) is 0. The van der Waals surface area contributed by atoms with Gasteiger partial charge >= 0.3 is 0 Å².